The summed E-state index contributed by atoms with van der Waals surface area (Å²) in [6.07, 6.45) is 18.7. The van der Waals surface area contributed by atoms with Crippen molar-refractivity contribution in [3.05, 3.63) is 0 Å². The van der Waals surface area contributed by atoms with Crippen molar-refractivity contribution in [3.63, 3.8) is 0 Å². The average molecular weight is 514 g/mol. The SMILES string of the molecule is CCCCCCCCCCCCC(CCCSCCCNCCCCCOOO)P(=O)(O)O. The fourth-order valence-corrected chi connectivity index (χ4v) is 5.88. The van der Waals surface area contributed by atoms with Crippen LogP contribution in [0.5, 0.6) is 0 Å². The van der Waals surface area contributed by atoms with Crippen LogP contribution < -0.4 is 5.32 Å². The second-order valence-corrected chi connectivity index (χ2v) is 12.2. The minimum Gasteiger partial charge on any atom is -0.324 e. The Bertz CT molecular complexity index is 441. The molecule has 0 aromatic carbocycles. The molecule has 0 fully saturated rings. The Morgan fingerprint density at radius 2 is 1.30 bits per heavy atom. The molecule has 0 spiro atoms. The van der Waals surface area contributed by atoms with E-state index in [1.807, 2.05) is 11.8 Å². The summed E-state index contributed by atoms with van der Waals surface area (Å²) < 4.78 is 11.8. The van der Waals surface area contributed by atoms with Gasteiger partial charge in [-0.1, -0.05) is 76.2 Å². The molecule has 0 heterocycles. The lowest BCUT2D eigenvalue weighted by Gasteiger charge is -2.18. The highest BCUT2D eigenvalue weighted by atomic mass is 32.2. The van der Waals surface area contributed by atoms with Gasteiger partial charge < -0.3 is 15.1 Å². The summed E-state index contributed by atoms with van der Waals surface area (Å²) in [7, 11) is -3.99. The van der Waals surface area contributed by atoms with E-state index in [0.29, 0.717) is 19.4 Å². The third-order valence-corrected chi connectivity index (χ3v) is 8.59. The molecule has 1 atom stereocenters. The van der Waals surface area contributed by atoms with Crippen molar-refractivity contribution in [1.82, 2.24) is 5.32 Å². The van der Waals surface area contributed by atoms with Crippen LogP contribution in [0.1, 0.15) is 116 Å². The van der Waals surface area contributed by atoms with E-state index in [0.717, 1.165) is 69.5 Å². The molecule has 0 saturated carbocycles. The van der Waals surface area contributed by atoms with Crippen LogP contribution in [0.3, 0.4) is 0 Å². The number of hydrogen-bond acceptors (Lipinski definition) is 6. The second kappa shape index (κ2) is 25.4. The molecule has 0 radical (unpaired) electrons. The zero-order valence-electron chi connectivity index (χ0n) is 21.1. The van der Waals surface area contributed by atoms with E-state index in [1.54, 1.807) is 0 Å². The van der Waals surface area contributed by atoms with E-state index in [-0.39, 0.29) is 0 Å². The summed E-state index contributed by atoms with van der Waals surface area (Å²) in [5, 5.41) is 15.0. The summed E-state index contributed by atoms with van der Waals surface area (Å²) in [5.41, 5.74) is -0.455. The first-order valence-electron chi connectivity index (χ1n) is 13.3. The van der Waals surface area contributed by atoms with Crippen LogP contribution in [0, 0.1) is 0 Å². The summed E-state index contributed by atoms with van der Waals surface area (Å²) in [5.74, 6) is 2.05. The minimum atomic E-state index is -3.99. The van der Waals surface area contributed by atoms with Crippen LogP contribution in [-0.2, 0) is 14.5 Å². The molecule has 0 aliphatic rings. The van der Waals surface area contributed by atoms with Crippen LogP contribution in [-0.4, -0.2) is 51.9 Å². The van der Waals surface area contributed by atoms with Gasteiger partial charge >= 0.3 is 7.60 Å². The van der Waals surface area contributed by atoms with Crippen LogP contribution in [0.4, 0.5) is 0 Å². The lowest BCUT2D eigenvalue weighted by molar-refractivity contribution is -0.490. The smallest absolute Gasteiger partial charge is 0.324 e. The molecule has 0 amide bonds. The Kier molecular flexibility index (Phi) is 25.7. The predicted octanol–water partition coefficient (Wildman–Crippen LogP) is 6.93. The fourth-order valence-electron chi connectivity index (χ4n) is 3.92. The molecular formula is C24H52NO6PS. The van der Waals surface area contributed by atoms with Gasteiger partial charge in [0.25, 0.3) is 0 Å². The summed E-state index contributed by atoms with van der Waals surface area (Å²) in [4.78, 5) is 23.8. The van der Waals surface area contributed by atoms with Crippen LogP contribution in [0.15, 0.2) is 0 Å². The van der Waals surface area contributed by atoms with Gasteiger partial charge in [0.1, 0.15) is 0 Å². The van der Waals surface area contributed by atoms with Crippen molar-refractivity contribution >= 4 is 19.4 Å². The number of hydrogen-bond donors (Lipinski definition) is 4. The zero-order valence-corrected chi connectivity index (χ0v) is 22.8. The maximum absolute atomic E-state index is 11.8. The van der Waals surface area contributed by atoms with E-state index in [2.05, 4.69) is 22.2 Å². The molecule has 0 aliphatic heterocycles. The third-order valence-electron chi connectivity index (χ3n) is 5.97. The molecule has 7 nitrogen and oxygen atoms in total. The van der Waals surface area contributed by atoms with E-state index in [9.17, 15) is 14.4 Å². The molecule has 0 aromatic heterocycles. The Balaban J connectivity index is 3.55. The molecular weight excluding hydrogens is 461 g/mol. The molecule has 0 aromatic rings. The summed E-state index contributed by atoms with van der Waals surface area (Å²) in [6, 6.07) is 0. The molecule has 9 heteroatoms. The normalized spacial score (nSPS) is 13.0. The molecule has 0 rings (SSSR count). The maximum atomic E-state index is 11.8. The van der Waals surface area contributed by atoms with E-state index in [1.165, 1.54) is 51.4 Å². The Morgan fingerprint density at radius 3 is 1.94 bits per heavy atom. The Labute approximate surface area is 207 Å². The van der Waals surface area contributed by atoms with E-state index < -0.39 is 13.3 Å². The largest absolute Gasteiger partial charge is 0.328 e. The van der Waals surface area contributed by atoms with Crippen LogP contribution >= 0.6 is 19.4 Å². The zero-order chi connectivity index (χ0) is 24.5. The van der Waals surface area contributed by atoms with Gasteiger partial charge in [0.15, 0.2) is 0 Å². The van der Waals surface area contributed by atoms with Crippen molar-refractivity contribution in [1.29, 1.82) is 0 Å². The quantitative estimate of drug-likeness (QED) is 0.0405. The number of rotatable bonds is 27. The third kappa shape index (κ3) is 25.2. The molecule has 1 unspecified atom stereocenters. The molecule has 0 saturated heterocycles. The molecule has 33 heavy (non-hydrogen) atoms. The second-order valence-electron chi connectivity index (χ2n) is 9.03. The fraction of sp³-hybridized carbons (Fsp3) is 1.00. The highest BCUT2D eigenvalue weighted by Crippen LogP contribution is 2.46. The van der Waals surface area contributed by atoms with Gasteiger partial charge in [-0.25, -0.2) is 10.1 Å². The minimum absolute atomic E-state index is 0.412. The Morgan fingerprint density at radius 1 is 0.758 bits per heavy atom. The van der Waals surface area contributed by atoms with Crippen molar-refractivity contribution in [3.8, 4) is 0 Å². The van der Waals surface area contributed by atoms with Gasteiger partial charge in [-0.2, -0.15) is 11.8 Å². The first-order chi connectivity index (χ1) is 16.0. The van der Waals surface area contributed by atoms with E-state index >= 15 is 0 Å². The molecule has 0 aliphatic carbocycles. The first-order valence-corrected chi connectivity index (χ1v) is 16.1. The Hall–Kier alpha value is 0.340. The van der Waals surface area contributed by atoms with Crippen LogP contribution in [0.2, 0.25) is 0 Å². The lowest BCUT2D eigenvalue weighted by Crippen LogP contribution is -2.17. The van der Waals surface area contributed by atoms with Gasteiger partial charge in [-0.15, -0.1) is 0 Å². The van der Waals surface area contributed by atoms with Crippen molar-refractivity contribution in [2.75, 3.05) is 31.2 Å². The van der Waals surface area contributed by atoms with Crippen molar-refractivity contribution in [2.24, 2.45) is 0 Å². The number of unbranched alkanes of at least 4 members (excludes halogenated alkanes) is 11. The molecule has 200 valence electrons. The van der Waals surface area contributed by atoms with Crippen molar-refractivity contribution < 1.29 is 29.5 Å². The highest BCUT2D eigenvalue weighted by Gasteiger charge is 2.27. The number of thioether (sulfide) groups is 1. The van der Waals surface area contributed by atoms with Gasteiger partial charge in [0.05, 0.1) is 12.3 Å². The van der Waals surface area contributed by atoms with Gasteiger partial charge in [0, 0.05) is 0 Å². The van der Waals surface area contributed by atoms with Gasteiger partial charge in [-0.05, 0) is 69.5 Å². The first kappa shape index (κ1) is 33.3. The maximum Gasteiger partial charge on any atom is 0.328 e. The summed E-state index contributed by atoms with van der Waals surface area (Å²) in [6.45, 7) is 4.63. The lowest BCUT2D eigenvalue weighted by atomic mass is 10.0. The molecule has 4 N–H and O–H groups in total. The van der Waals surface area contributed by atoms with Gasteiger partial charge in [0.2, 0.25) is 0 Å². The highest BCUT2D eigenvalue weighted by molar-refractivity contribution is 7.99. The van der Waals surface area contributed by atoms with Crippen LogP contribution in [0.25, 0.3) is 0 Å². The monoisotopic (exact) mass is 513 g/mol. The predicted molar refractivity (Wildman–Crippen MR) is 140 cm³/mol. The molecule has 0 bridgehead atoms. The number of nitrogens with one attached hydrogen (secondary N) is 1. The van der Waals surface area contributed by atoms with Gasteiger partial charge in [-0.3, -0.25) is 4.57 Å². The van der Waals surface area contributed by atoms with Crippen molar-refractivity contribution in [2.45, 2.75) is 122 Å². The average Bonchev–Trinajstić information content (AvgIpc) is 2.78. The summed E-state index contributed by atoms with van der Waals surface area (Å²) >= 11 is 1.88. The topological polar surface area (TPSA) is 108 Å². The standard InChI is InChI=1S/C24H52NO6PS/c1-2-3-4-5-6-7-8-9-10-12-17-24(32(27,28)29)18-15-22-33-23-16-20-25-19-13-11-14-21-30-31-26/h24-26H,2-23H2,1H3,(H2,27,28,29). The van der Waals surface area contributed by atoms with E-state index in [4.69, 9.17) is 5.26 Å².